The first-order valence-electron chi connectivity index (χ1n) is 4.35. The molecular formula is C11H15BrO. The molecule has 1 aromatic carbocycles. The van der Waals surface area contributed by atoms with Gasteiger partial charge in [-0.1, -0.05) is 54.9 Å². The second-order valence-corrected chi connectivity index (χ2v) is 5.14. The Morgan fingerprint density at radius 1 is 1.23 bits per heavy atom. The number of rotatable bonds is 1. The summed E-state index contributed by atoms with van der Waals surface area (Å²) in [6, 6.07) is 7.78. The average molecular weight is 243 g/mol. The van der Waals surface area contributed by atoms with Gasteiger partial charge >= 0.3 is 0 Å². The van der Waals surface area contributed by atoms with Crippen molar-refractivity contribution in [3.8, 4) is 0 Å². The van der Waals surface area contributed by atoms with E-state index in [4.69, 9.17) is 0 Å². The van der Waals surface area contributed by atoms with Crippen molar-refractivity contribution in [2.45, 2.75) is 26.9 Å². The molecule has 1 atom stereocenters. The van der Waals surface area contributed by atoms with Gasteiger partial charge in [0.15, 0.2) is 0 Å². The Bertz CT molecular complexity index is 288. The maximum atomic E-state index is 10.0. The second-order valence-electron chi connectivity index (χ2n) is 4.29. The van der Waals surface area contributed by atoms with E-state index in [1.165, 1.54) is 0 Å². The predicted octanol–water partition coefficient (Wildman–Crippen LogP) is 3.53. The first-order chi connectivity index (χ1) is 5.93. The predicted molar refractivity (Wildman–Crippen MR) is 58.6 cm³/mol. The molecule has 2 heteroatoms. The van der Waals surface area contributed by atoms with Gasteiger partial charge in [-0.2, -0.15) is 0 Å². The highest BCUT2D eigenvalue weighted by Crippen LogP contribution is 2.35. The van der Waals surface area contributed by atoms with Crippen molar-refractivity contribution in [1.29, 1.82) is 0 Å². The summed E-state index contributed by atoms with van der Waals surface area (Å²) in [7, 11) is 0. The average Bonchev–Trinajstić information content (AvgIpc) is 2.02. The Balaban J connectivity index is 3.02. The highest BCUT2D eigenvalue weighted by molar-refractivity contribution is 9.10. The van der Waals surface area contributed by atoms with Gasteiger partial charge in [0, 0.05) is 4.47 Å². The molecule has 0 aliphatic heterocycles. The lowest BCUT2D eigenvalue weighted by Crippen LogP contribution is -2.18. The van der Waals surface area contributed by atoms with E-state index in [9.17, 15) is 5.11 Å². The number of aliphatic hydroxyl groups is 1. The lowest BCUT2D eigenvalue weighted by molar-refractivity contribution is 0.0621. The lowest BCUT2D eigenvalue weighted by atomic mass is 9.85. The van der Waals surface area contributed by atoms with Crippen LogP contribution in [0.3, 0.4) is 0 Å². The summed E-state index contributed by atoms with van der Waals surface area (Å²) in [6.07, 6.45) is -0.428. The summed E-state index contributed by atoms with van der Waals surface area (Å²) in [4.78, 5) is 0. The molecule has 0 saturated carbocycles. The molecule has 0 amide bonds. The van der Waals surface area contributed by atoms with E-state index >= 15 is 0 Å². The van der Waals surface area contributed by atoms with Crippen LogP contribution in [-0.2, 0) is 0 Å². The Morgan fingerprint density at radius 2 is 1.77 bits per heavy atom. The zero-order valence-electron chi connectivity index (χ0n) is 8.21. The van der Waals surface area contributed by atoms with Gasteiger partial charge in [0.2, 0.25) is 0 Å². The van der Waals surface area contributed by atoms with Crippen molar-refractivity contribution < 1.29 is 5.11 Å². The molecule has 0 bridgehead atoms. The molecule has 0 saturated heterocycles. The van der Waals surface area contributed by atoms with Gasteiger partial charge in [0.05, 0.1) is 6.10 Å². The summed E-state index contributed by atoms with van der Waals surface area (Å²) in [5, 5.41) is 10.0. The van der Waals surface area contributed by atoms with Crippen molar-refractivity contribution in [2.75, 3.05) is 0 Å². The van der Waals surface area contributed by atoms with Gasteiger partial charge in [-0.3, -0.25) is 0 Å². The summed E-state index contributed by atoms with van der Waals surface area (Å²) < 4.78 is 0.970. The van der Waals surface area contributed by atoms with Gasteiger partial charge in [-0.25, -0.2) is 0 Å². The van der Waals surface area contributed by atoms with Crippen LogP contribution in [0.1, 0.15) is 32.4 Å². The van der Waals surface area contributed by atoms with E-state index in [-0.39, 0.29) is 5.41 Å². The minimum atomic E-state index is -0.428. The fourth-order valence-electron chi connectivity index (χ4n) is 1.16. The molecular weight excluding hydrogens is 228 g/mol. The molecule has 0 unspecified atom stereocenters. The molecule has 0 spiro atoms. The molecule has 1 N–H and O–H groups in total. The van der Waals surface area contributed by atoms with Crippen molar-refractivity contribution in [1.82, 2.24) is 0 Å². The van der Waals surface area contributed by atoms with E-state index < -0.39 is 6.10 Å². The summed E-state index contributed by atoms with van der Waals surface area (Å²) in [5.41, 5.74) is 0.833. The van der Waals surface area contributed by atoms with E-state index in [2.05, 4.69) is 15.9 Å². The number of aliphatic hydroxyl groups excluding tert-OH is 1. The maximum absolute atomic E-state index is 10.0. The zero-order chi connectivity index (χ0) is 10.1. The van der Waals surface area contributed by atoms with E-state index in [0.717, 1.165) is 10.0 Å². The summed E-state index contributed by atoms with van der Waals surface area (Å²) in [5.74, 6) is 0. The van der Waals surface area contributed by atoms with Crippen LogP contribution >= 0.6 is 15.9 Å². The molecule has 0 radical (unpaired) electrons. The first-order valence-corrected chi connectivity index (χ1v) is 5.14. The van der Waals surface area contributed by atoms with Gasteiger partial charge in [0.25, 0.3) is 0 Å². The minimum absolute atomic E-state index is 0.121. The minimum Gasteiger partial charge on any atom is -0.388 e. The normalized spacial score (nSPS) is 14.2. The molecule has 72 valence electrons. The monoisotopic (exact) mass is 242 g/mol. The summed E-state index contributed by atoms with van der Waals surface area (Å²) in [6.45, 7) is 6.07. The molecule has 0 aromatic heterocycles. The van der Waals surface area contributed by atoms with Crippen molar-refractivity contribution in [3.05, 3.63) is 34.3 Å². The summed E-state index contributed by atoms with van der Waals surface area (Å²) >= 11 is 3.43. The Kier molecular flexibility index (Phi) is 3.14. The van der Waals surface area contributed by atoms with Crippen LogP contribution in [0.15, 0.2) is 28.7 Å². The van der Waals surface area contributed by atoms with Crippen LogP contribution in [0.5, 0.6) is 0 Å². The Morgan fingerprint density at radius 3 is 2.23 bits per heavy atom. The standard InChI is InChI=1S/C11H15BrO/c1-11(2,3)10(13)8-6-4-5-7-9(8)12/h4-7,10,13H,1-3H3/t10-/m1/s1. The molecule has 0 fully saturated rings. The SMILES string of the molecule is CC(C)(C)[C@H](O)c1ccccc1Br. The fourth-order valence-corrected chi connectivity index (χ4v) is 1.66. The Hall–Kier alpha value is -0.340. The maximum Gasteiger partial charge on any atom is 0.0849 e. The number of benzene rings is 1. The zero-order valence-corrected chi connectivity index (χ0v) is 9.80. The van der Waals surface area contributed by atoms with Crippen molar-refractivity contribution in [3.63, 3.8) is 0 Å². The largest absolute Gasteiger partial charge is 0.388 e. The van der Waals surface area contributed by atoms with Gasteiger partial charge < -0.3 is 5.11 Å². The van der Waals surface area contributed by atoms with Crippen LogP contribution in [0.4, 0.5) is 0 Å². The third-order valence-electron chi connectivity index (χ3n) is 2.02. The van der Waals surface area contributed by atoms with Crippen LogP contribution in [-0.4, -0.2) is 5.11 Å². The quantitative estimate of drug-likeness (QED) is 0.799. The second kappa shape index (κ2) is 3.81. The number of hydrogen-bond acceptors (Lipinski definition) is 1. The first kappa shape index (κ1) is 10.7. The van der Waals surface area contributed by atoms with Crippen molar-refractivity contribution >= 4 is 15.9 Å². The van der Waals surface area contributed by atoms with Gasteiger partial charge in [-0.15, -0.1) is 0 Å². The van der Waals surface area contributed by atoms with Crippen LogP contribution in [0.25, 0.3) is 0 Å². The molecule has 1 nitrogen and oxygen atoms in total. The lowest BCUT2D eigenvalue weighted by Gasteiger charge is -2.26. The smallest absolute Gasteiger partial charge is 0.0849 e. The van der Waals surface area contributed by atoms with E-state index in [0.29, 0.717) is 0 Å². The highest BCUT2D eigenvalue weighted by atomic mass is 79.9. The van der Waals surface area contributed by atoms with Crippen LogP contribution in [0.2, 0.25) is 0 Å². The number of halogens is 1. The molecule has 13 heavy (non-hydrogen) atoms. The van der Waals surface area contributed by atoms with Crippen molar-refractivity contribution in [2.24, 2.45) is 5.41 Å². The molecule has 0 heterocycles. The third kappa shape index (κ3) is 2.55. The topological polar surface area (TPSA) is 20.2 Å². The fraction of sp³-hybridized carbons (Fsp3) is 0.455. The Labute approximate surface area is 87.9 Å². The highest BCUT2D eigenvalue weighted by Gasteiger charge is 2.24. The number of hydrogen-bond donors (Lipinski definition) is 1. The van der Waals surface area contributed by atoms with E-state index in [1.54, 1.807) is 0 Å². The third-order valence-corrected chi connectivity index (χ3v) is 2.74. The van der Waals surface area contributed by atoms with Crippen LogP contribution in [0, 0.1) is 5.41 Å². The molecule has 0 aliphatic rings. The molecule has 0 aliphatic carbocycles. The molecule has 1 rings (SSSR count). The van der Waals surface area contributed by atoms with Gasteiger partial charge in [0.1, 0.15) is 0 Å². The van der Waals surface area contributed by atoms with E-state index in [1.807, 2.05) is 45.0 Å². The molecule has 1 aromatic rings. The van der Waals surface area contributed by atoms with Crippen LogP contribution < -0.4 is 0 Å². The van der Waals surface area contributed by atoms with Gasteiger partial charge in [-0.05, 0) is 17.0 Å².